The quantitative estimate of drug-likeness (QED) is 0.832. The van der Waals surface area contributed by atoms with Gasteiger partial charge in [-0.2, -0.15) is 0 Å². The van der Waals surface area contributed by atoms with Crippen molar-refractivity contribution in [2.24, 2.45) is 0 Å². The van der Waals surface area contributed by atoms with E-state index in [9.17, 15) is 9.90 Å². The Kier molecular flexibility index (Phi) is 2.18. The molecular formula is C13H14N2O2. The van der Waals surface area contributed by atoms with Crippen LogP contribution in [0, 0.1) is 0 Å². The maximum absolute atomic E-state index is 11.6. The largest absolute Gasteiger partial charge is 0.481 e. The number of carboxylic acid groups (broad SMARTS) is 1. The summed E-state index contributed by atoms with van der Waals surface area (Å²) in [5, 5.41) is 9.50. The number of hydrogen-bond acceptors (Lipinski definition) is 2. The van der Waals surface area contributed by atoms with Gasteiger partial charge in [-0.15, -0.1) is 0 Å². The highest BCUT2D eigenvalue weighted by molar-refractivity contribution is 5.84. The maximum atomic E-state index is 11.6. The van der Waals surface area contributed by atoms with E-state index in [1.165, 1.54) is 0 Å². The predicted octanol–water partition coefficient (Wildman–Crippen LogP) is 2.46. The number of fused-ring (bicyclic) bond motifs is 1. The summed E-state index contributed by atoms with van der Waals surface area (Å²) >= 11 is 0. The second kappa shape index (κ2) is 3.58. The van der Waals surface area contributed by atoms with Crippen molar-refractivity contribution < 1.29 is 9.90 Å². The summed E-state index contributed by atoms with van der Waals surface area (Å²) in [7, 11) is 0. The number of carboxylic acids is 1. The third-order valence-electron chi connectivity index (χ3n) is 3.82. The summed E-state index contributed by atoms with van der Waals surface area (Å²) in [5.41, 5.74) is 1.91. The fraction of sp³-hybridized carbons (Fsp3) is 0.385. The van der Waals surface area contributed by atoms with Gasteiger partial charge < -0.3 is 10.1 Å². The highest BCUT2D eigenvalue weighted by Crippen LogP contribution is 2.41. The highest BCUT2D eigenvalue weighted by Gasteiger charge is 2.43. The van der Waals surface area contributed by atoms with Gasteiger partial charge in [-0.3, -0.25) is 9.78 Å². The third kappa shape index (κ3) is 1.44. The minimum absolute atomic E-state index is 0.716. The Hall–Kier alpha value is -1.84. The fourth-order valence-electron chi connectivity index (χ4n) is 2.80. The van der Waals surface area contributed by atoms with Crippen molar-refractivity contribution in [2.75, 3.05) is 0 Å². The van der Waals surface area contributed by atoms with E-state index in [0.29, 0.717) is 0 Å². The number of hydrogen-bond donors (Lipinski definition) is 2. The van der Waals surface area contributed by atoms with E-state index in [1.54, 1.807) is 6.20 Å². The van der Waals surface area contributed by atoms with Gasteiger partial charge in [-0.05, 0) is 30.5 Å². The Morgan fingerprint density at radius 3 is 2.88 bits per heavy atom. The van der Waals surface area contributed by atoms with Gasteiger partial charge in [0.1, 0.15) is 0 Å². The van der Waals surface area contributed by atoms with Crippen LogP contribution in [0.3, 0.4) is 0 Å². The standard InChI is InChI=1S/C13H14N2O2/c16-12(17)13(4-1-2-5-13)9-7-11-10(15-8-9)3-6-14-11/h3,6-8,14H,1-2,4-5H2,(H,16,17). The van der Waals surface area contributed by atoms with Crippen LogP contribution in [0.25, 0.3) is 11.0 Å². The van der Waals surface area contributed by atoms with Gasteiger partial charge in [0, 0.05) is 12.4 Å². The second-order valence-electron chi connectivity index (χ2n) is 4.73. The fourth-order valence-corrected chi connectivity index (χ4v) is 2.80. The normalized spacial score (nSPS) is 18.6. The highest BCUT2D eigenvalue weighted by atomic mass is 16.4. The lowest BCUT2D eigenvalue weighted by Crippen LogP contribution is -2.32. The average molecular weight is 230 g/mol. The smallest absolute Gasteiger partial charge is 0.314 e. The van der Waals surface area contributed by atoms with E-state index in [-0.39, 0.29) is 0 Å². The van der Waals surface area contributed by atoms with Crippen LogP contribution in [0.4, 0.5) is 0 Å². The van der Waals surface area contributed by atoms with Crippen molar-refractivity contribution in [3.05, 3.63) is 30.1 Å². The summed E-state index contributed by atoms with van der Waals surface area (Å²) in [5.74, 6) is -0.720. The first-order chi connectivity index (χ1) is 8.22. The van der Waals surface area contributed by atoms with Gasteiger partial charge in [0.05, 0.1) is 16.4 Å². The molecule has 0 bridgehead atoms. The number of carbonyl (C=O) groups is 1. The molecule has 4 nitrogen and oxygen atoms in total. The molecule has 2 aromatic heterocycles. The molecule has 1 aliphatic rings. The summed E-state index contributed by atoms with van der Waals surface area (Å²) in [6, 6.07) is 3.82. The molecule has 4 heteroatoms. The number of H-pyrrole nitrogens is 1. The Morgan fingerprint density at radius 2 is 2.18 bits per heavy atom. The molecule has 1 saturated carbocycles. The number of aliphatic carboxylic acids is 1. The van der Waals surface area contributed by atoms with Crippen molar-refractivity contribution in [1.82, 2.24) is 9.97 Å². The van der Waals surface area contributed by atoms with Crippen LogP contribution in [0.1, 0.15) is 31.2 Å². The van der Waals surface area contributed by atoms with Gasteiger partial charge in [-0.1, -0.05) is 12.8 Å². The Bertz CT molecular complexity index is 568. The molecule has 0 atom stereocenters. The van der Waals surface area contributed by atoms with E-state index in [2.05, 4.69) is 9.97 Å². The number of rotatable bonds is 2. The molecule has 1 fully saturated rings. The zero-order valence-corrected chi connectivity index (χ0v) is 9.44. The number of aromatic amines is 1. The minimum Gasteiger partial charge on any atom is -0.481 e. The van der Waals surface area contributed by atoms with E-state index in [0.717, 1.165) is 42.3 Å². The Labute approximate surface area is 98.7 Å². The summed E-state index contributed by atoms with van der Waals surface area (Å²) < 4.78 is 0. The lowest BCUT2D eigenvalue weighted by molar-refractivity contribution is -0.143. The molecular weight excluding hydrogens is 216 g/mol. The van der Waals surface area contributed by atoms with Crippen molar-refractivity contribution >= 4 is 17.0 Å². The molecule has 0 radical (unpaired) electrons. The van der Waals surface area contributed by atoms with E-state index < -0.39 is 11.4 Å². The maximum Gasteiger partial charge on any atom is 0.314 e. The van der Waals surface area contributed by atoms with Crippen LogP contribution < -0.4 is 0 Å². The van der Waals surface area contributed by atoms with Crippen molar-refractivity contribution in [3.8, 4) is 0 Å². The predicted molar refractivity (Wildman–Crippen MR) is 63.9 cm³/mol. The molecule has 0 unspecified atom stereocenters. The first-order valence-electron chi connectivity index (χ1n) is 5.89. The van der Waals surface area contributed by atoms with Gasteiger partial charge in [0.25, 0.3) is 0 Å². The molecule has 0 saturated heterocycles. The Morgan fingerprint density at radius 1 is 1.41 bits per heavy atom. The first kappa shape index (κ1) is 10.3. The molecule has 0 spiro atoms. The lowest BCUT2D eigenvalue weighted by Gasteiger charge is -2.23. The molecule has 0 aromatic carbocycles. The monoisotopic (exact) mass is 230 g/mol. The van der Waals surface area contributed by atoms with E-state index in [1.807, 2.05) is 18.3 Å². The minimum atomic E-state index is -0.720. The van der Waals surface area contributed by atoms with E-state index >= 15 is 0 Å². The van der Waals surface area contributed by atoms with Crippen LogP contribution in [0.5, 0.6) is 0 Å². The van der Waals surface area contributed by atoms with Crippen LogP contribution in [-0.4, -0.2) is 21.0 Å². The van der Waals surface area contributed by atoms with E-state index in [4.69, 9.17) is 0 Å². The molecule has 2 N–H and O–H groups in total. The molecule has 0 aliphatic heterocycles. The summed E-state index contributed by atoms with van der Waals surface area (Å²) in [6.45, 7) is 0. The van der Waals surface area contributed by atoms with Gasteiger partial charge >= 0.3 is 5.97 Å². The summed E-state index contributed by atoms with van der Waals surface area (Å²) in [4.78, 5) is 19.0. The van der Waals surface area contributed by atoms with Gasteiger partial charge in [0.2, 0.25) is 0 Å². The number of nitrogens with zero attached hydrogens (tertiary/aromatic N) is 1. The van der Waals surface area contributed by atoms with Gasteiger partial charge in [0.15, 0.2) is 0 Å². The molecule has 17 heavy (non-hydrogen) atoms. The lowest BCUT2D eigenvalue weighted by atomic mass is 9.80. The average Bonchev–Trinajstić information content (AvgIpc) is 2.97. The number of nitrogens with one attached hydrogen (secondary N) is 1. The molecule has 3 rings (SSSR count). The molecule has 0 amide bonds. The SMILES string of the molecule is O=C(O)C1(c2cnc3cc[nH]c3c2)CCCC1. The van der Waals surface area contributed by atoms with Crippen LogP contribution in [0.15, 0.2) is 24.5 Å². The topological polar surface area (TPSA) is 66.0 Å². The third-order valence-corrected chi connectivity index (χ3v) is 3.82. The first-order valence-corrected chi connectivity index (χ1v) is 5.89. The van der Waals surface area contributed by atoms with Crippen molar-refractivity contribution in [2.45, 2.75) is 31.1 Å². The molecule has 2 aromatic rings. The molecule has 1 aliphatic carbocycles. The van der Waals surface area contributed by atoms with Crippen LogP contribution in [0.2, 0.25) is 0 Å². The zero-order valence-electron chi connectivity index (χ0n) is 9.44. The second-order valence-corrected chi connectivity index (χ2v) is 4.73. The van der Waals surface area contributed by atoms with Crippen molar-refractivity contribution in [3.63, 3.8) is 0 Å². The Balaban J connectivity index is 2.14. The van der Waals surface area contributed by atoms with Gasteiger partial charge in [-0.25, -0.2) is 0 Å². The summed E-state index contributed by atoms with van der Waals surface area (Å²) in [6.07, 6.45) is 6.94. The van der Waals surface area contributed by atoms with Crippen molar-refractivity contribution in [1.29, 1.82) is 0 Å². The number of pyridine rings is 1. The number of aromatic nitrogens is 2. The molecule has 88 valence electrons. The van der Waals surface area contributed by atoms with Crippen LogP contribution in [-0.2, 0) is 10.2 Å². The zero-order chi connectivity index (χ0) is 11.9. The molecule has 2 heterocycles. The van der Waals surface area contributed by atoms with Crippen LogP contribution >= 0.6 is 0 Å².